The van der Waals surface area contributed by atoms with E-state index in [0.29, 0.717) is 5.92 Å². The molecule has 1 atom stereocenters. The molecule has 0 amide bonds. The van der Waals surface area contributed by atoms with E-state index in [1.807, 2.05) is 19.2 Å². The fraction of sp³-hybridized carbons (Fsp3) is 0.423. The van der Waals surface area contributed by atoms with Gasteiger partial charge in [0.1, 0.15) is 0 Å². The number of benzene rings is 1. The Hall–Kier alpha value is -2.55. The van der Waals surface area contributed by atoms with Crippen LogP contribution in [0.25, 0.3) is 11.3 Å². The van der Waals surface area contributed by atoms with Gasteiger partial charge in [-0.1, -0.05) is 52.0 Å². The molecule has 0 saturated heterocycles. The van der Waals surface area contributed by atoms with Crippen LogP contribution in [0.4, 0.5) is 0 Å². The average Bonchev–Trinajstić information content (AvgIpc) is 2.68. The summed E-state index contributed by atoms with van der Waals surface area (Å²) in [5, 5.41) is 0. The minimum Gasteiger partial charge on any atom is -0.261 e. The fourth-order valence-electron chi connectivity index (χ4n) is 4.32. The standard InChI is InChI=1S/C26H33N3/c1-7-23(26(4,5)6)21-10-12-22(25-19(3)27-15-16-29-25)20(17-21)11-13-24-18(2)9-8-14-28-24/h8-10,12,14-17,23H,7,11,13H2,1-6H3. The molecule has 2 heterocycles. The van der Waals surface area contributed by atoms with Crippen molar-refractivity contribution >= 4 is 0 Å². The lowest BCUT2D eigenvalue weighted by atomic mass is 9.74. The van der Waals surface area contributed by atoms with E-state index in [9.17, 15) is 0 Å². The summed E-state index contributed by atoms with van der Waals surface area (Å²) in [4.78, 5) is 13.7. The molecular weight excluding hydrogens is 354 g/mol. The summed E-state index contributed by atoms with van der Waals surface area (Å²) < 4.78 is 0. The van der Waals surface area contributed by atoms with Crippen molar-refractivity contribution in [2.45, 2.75) is 66.7 Å². The molecule has 0 aliphatic heterocycles. The van der Waals surface area contributed by atoms with Gasteiger partial charge in [-0.15, -0.1) is 0 Å². The number of hydrogen-bond acceptors (Lipinski definition) is 3. The molecule has 3 heteroatoms. The Labute approximate surface area is 175 Å². The molecule has 0 aliphatic rings. The topological polar surface area (TPSA) is 38.7 Å². The largest absolute Gasteiger partial charge is 0.261 e. The van der Waals surface area contributed by atoms with Crippen LogP contribution >= 0.6 is 0 Å². The molecule has 0 radical (unpaired) electrons. The minimum absolute atomic E-state index is 0.230. The molecule has 3 rings (SSSR count). The molecule has 0 saturated carbocycles. The van der Waals surface area contributed by atoms with E-state index in [2.05, 4.69) is 73.8 Å². The lowest BCUT2D eigenvalue weighted by Crippen LogP contribution is -2.18. The van der Waals surface area contributed by atoms with Crippen LogP contribution in [0.5, 0.6) is 0 Å². The average molecular weight is 388 g/mol. The van der Waals surface area contributed by atoms with Crippen molar-refractivity contribution in [1.82, 2.24) is 15.0 Å². The van der Waals surface area contributed by atoms with Gasteiger partial charge in [-0.3, -0.25) is 15.0 Å². The Morgan fingerprint density at radius 1 is 0.897 bits per heavy atom. The number of hydrogen-bond donors (Lipinski definition) is 0. The van der Waals surface area contributed by atoms with Crippen LogP contribution in [0.3, 0.4) is 0 Å². The van der Waals surface area contributed by atoms with Gasteiger partial charge >= 0.3 is 0 Å². The molecule has 0 bridgehead atoms. The smallest absolute Gasteiger partial charge is 0.0917 e. The van der Waals surface area contributed by atoms with E-state index in [4.69, 9.17) is 0 Å². The summed E-state index contributed by atoms with van der Waals surface area (Å²) in [6.07, 6.45) is 8.43. The summed E-state index contributed by atoms with van der Waals surface area (Å²) in [6.45, 7) is 13.5. The molecular formula is C26H33N3. The maximum atomic E-state index is 4.65. The SMILES string of the molecule is CCC(c1ccc(-c2nccnc2C)c(CCc2ncccc2C)c1)C(C)(C)C. The quantitative estimate of drug-likeness (QED) is 0.486. The van der Waals surface area contributed by atoms with Gasteiger partial charge in [-0.25, -0.2) is 0 Å². The van der Waals surface area contributed by atoms with Crippen molar-refractivity contribution in [2.75, 3.05) is 0 Å². The van der Waals surface area contributed by atoms with Crippen LogP contribution in [-0.2, 0) is 12.8 Å². The van der Waals surface area contributed by atoms with Crippen molar-refractivity contribution in [3.8, 4) is 11.3 Å². The first-order valence-corrected chi connectivity index (χ1v) is 10.6. The van der Waals surface area contributed by atoms with Crippen molar-refractivity contribution < 1.29 is 0 Å². The van der Waals surface area contributed by atoms with Gasteiger partial charge in [0, 0.05) is 29.8 Å². The van der Waals surface area contributed by atoms with Crippen LogP contribution in [0.1, 0.15) is 68.1 Å². The molecule has 1 unspecified atom stereocenters. The number of nitrogens with zero attached hydrogens (tertiary/aromatic N) is 3. The van der Waals surface area contributed by atoms with Crippen molar-refractivity contribution in [3.63, 3.8) is 0 Å². The highest BCUT2D eigenvalue weighted by Gasteiger charge is 2.25. The second-order valence-electron chi connectivity index (χ2n) is 9.00. The Morgan fingerprint density at radius 2 is 1.66 bits per heavy atom. The zero-order chi connectivity index (χ0) is 21.0. The highest BCUT2D eigenvalue weighted by molar-refractivity contribution is 5.66. The second-order valence-corrected chi connectivity index (χ2v) is 9.00. The number of rotatable bonds is 6. The molecule has 1 aromatic carbocycles. The summed E-state index contributed by atoms with van der Waals surface area (Å²) in [5.74, 6) is 0.523. The second kappa shape index (κ2) is 8.86. The number of aromatic nitrogens is 3. The molecule has 3 aromatic rings. The molecule has 0 fully saturated rings. The van der Waals surface area contributed by atoms with Crippen molar-refractivity contribution in [3.05, 3.63) is 77.0 Å². The van der Waals surface area contributed by atoms with Gasteiger partial charge in [0.25, 0.3) is 0 Å². The Balaban J connectivity index is 2.04. The van der Waals surface area contributed by atoms with Gasteiger partial charge in [-0.2, -0.15) is 0 Å². The molecule has 152 valence electrons. The monoisotopic (exact) mass is 387 g/mol. The zero-order valence-electron chi connectivity index (χ0n) is 18.7. The van der Waals surface area contributed by atoms with Gasteiger partial charge in [-0.05, 0) is 67.2 Å². The molecule has 29 heavy (non-hydrogen) atoms. The lowest BCUT2D eigenvalue weighted by molar-refractivity contribution is 0.312. The van der Waals surface area contributed by atoms with Gasteiger partial charge in [0.15, 0.2) is 0 Å². The maximum Gasteiger partial charge on any atom is 0.0917 e. The normalized spacial score (nSPS) is 12.8. The van der Waals surface area contributed by atoms with Crippen molar-refractivity contribution in [2.24, 2.45) is 5.41 Å². The minimum atomic E-state index is 0.230. The summed E-state index contributed by atoms with van der Waals surface area (Å²) in [5.41, 5.74) is 8.54. The van der Waals surface area contributed by atoms with Crippen LogP contribution in [0.15, 0.2) is 48.9 Å². The van der Waals surface area contributed by atoms with Crippen molar-refractivity contribution in [1.29, 1.82) is 0 Å². The first-order valence-electron chi connectivity index (χ1n) is 10.6. The predicted molar refractivity (Wildman–Crippen MR) is 121 cm³/mol. The highest BCUT2D eigenvalue weighted by atomic mass is 14.8. The van der Waals surface area contributed by atoms with E-state index in [0.717, 1.165) is 30.7 Å². The van der Waals surface area contributed by atoms with Crippen LogP contribution in [-0.4, -0.2) is 15.0 Å². The Bertz CT molecular complexity index is 970. The molecule has 3 nitrogen and oxygen atoms in total. The van der Waals surface area contributed by atoms with E-state index in [-0.39, 0.29) is 5.41 Å². The molecule has 2 aromatic heterocycles. The Morgan fingerprint density at radius 3 is 2.31 bits per heavy atom. The Kier molecular flexibility index (Phi) is 6.46. The van der Waals surface area contributed by atoms with E-state index in [1.54, 1.807) is 12.4 Å². The zero-order valence-corrected chi connectivity index (χ0v) is 18.7. The summed E-state index contributed by atoms with van der Waals surface area (Å²) in [6, 6.07) is 11.1. The summed E-state index contributed by atoms with van der Waals surface area (Å²) >= 11 is 0. The molecule has 0 spiro atoms. The molecule has 0 aliphatic carbocycles. The van der Waals surface area contributed by atoms with Gasteiger partial charge < -0.3 is 0 Å². The van der Waals surface area contributed by atoms with E-state index < -0.39 is 0 Å². The fourth-order valence-corrected chi connectivity index (χ4v) is 4.32. The lowest BCUT2D eigenvalue weighted by Gasteiger charge is -2.31. The third kappa shape index (κ3) is 4.90. The predicted octanol–water partition coefficient (Wildman–Crippen LogP) is 6.48. The van der Waals surface area contributed by atoms with Crippen LogP contribution in [0.2, 0.25) is 0 Å². The third-order valence-corrected chi connectivity index (χ3v) is 5.87. The van der Waals surface area contributed by atoms with E-state index >= 15 is 0 Å². The van der Waals surface area contributed by atoms with Gasteiger partial charge in [0.2, 0.25) is 0 Å². The van der Waals surface area contributed by atoms with Crippen LogP contribution in [0, 0.1) is 19.3 Å². The van der Waals surface area contributed by atoms with Gasteiger partial charge in [0.05, 0.1) is 11.4 Å². The number of pyridine rings is 1. The highest BCUT2D eigenvalue weighted by Crippen LogP contribution is 2.39. The first-order chi connectivity index (χ1) is 13.8. The van der Waals surface area contributed by atoms with E-state index in [1.165, 1.54) is 27.9 Å². The maximum absolute atomic E-state index is 4.65. The first kappa shape index (κ1) is 21.2. The summed E-state index contributed by atoms with van der Waals surface area (Å²) in [7, 11) is 0. The van der Waals surface area contributed by atoms with Crippen LogP contribution < -0.4 is 0 Å². The molecule has 0 N–H and O–H groups in total. The number of aryl methyl sites for hydroxylation is 4. The third-order valence-electron chi connectivity index (χ3n) is 5.87.